The van der Waals surface area contributed by atoms with Gasteiger partial charge in [-0.2, -0.15) is 0 Å². The quantitative estimate of drug-likeness (QED) is 0.599. The van der Waals surface area contributed by atoms with Crippen molar-refractivity contribution in [1.29, 1.82) is 0 Å². The second-order valence-corrected chi connectivity index (χ2v) is 6.02. The maximum atomic E-state index is 6.41. The molecule has 0 aromatic heterocycles. The van der Waals surface area contributed by atoms with Crippen molar-refractivity contribution in [2.45, 2.75) is 26.5 Å². The van der Waals surface area contributed by atoms with Gasteiger partial charge in [-0.05, 0) is 43.1 Å². The zero-order valence-corrected chi connectivity index (χ0v) is 15.6. The Labute approximate surface area is 155 Å². The molecule has 136 valence electrons. The molecular formula is C20H26ClNO3. The predicted molar refractivity (Wildman–Crippen MR) is 102 cm³/mol. The molecular weight excluding hydrogens is 338 g/mol. The fourth-order valence-corrected chi connectivity index (χ4v) is 2.71. The van der Waals surface area contributed by atoms with Gasteiger partial charge in [0.25, 0.3) is 0 Å². The monoisotopic (exact) mass is 363 g/mol. The molecule has 0 fully saturated rings. The van der Waals surface area contributed by atoms with Crippen LogP contribution in [0.1, 0.15) is 24.5 Å². The van der Waals surface area contributed by atoms with Crippen LogP contribution in [0.25, 0.3) is 0 Å². The highest BCUT2D eigenvalue weighted by Crippen LogP contribution is 2.37. The van der Waals surface area contributed by atoms with Gasteiger partial charge in [0.1, 0.15) is 6.61 Å². The third-order valence-electron chi connectivity index (χ3n) is 3.69. The molecule has 2 rings (SSSR count). The van der Waals surface area contributed by atoms with Gasteiger partial charge in [-0.3, -0.25) is 0 Å². The molecule has 25 heavy (non-hydrogen) atoms. The lowest BCUT2D eigenvalue weighted by Crippen LogP contribution is -2.16. The van der Waals surface area contributed by atoms with E-state index in [2.05, 4.69) is 5.32 Å². The second-order valence-electron chi connectivity index (χ2n) is 5.61. The van der Waals surface area contributed by atoms with Crippen LogP contribution in [0, 0.1) is 0 Å². The lowest BCUT2D eigenvalue weighted by molar-refractivity contribution is 0.144. The first-order chi connectivity index (χ1) is 12.2. The molecule has 0 saturated heterocycles. The fraction of sp³-hybridized carbons (Fsp3) is 0.400. The van der Waals surface area contributed by atoms with E-state index >= 15 is 0 Å². The third-order valence-corrected chi connectivity index (χ3v) is 3.97. The van der Waals surface area contributed by atoms with E-state index in [-0.39, 0.29) is 0 Å². The number of hydrogen-bond acceptors (Lipinski definition) is 4. The van der Waals surface area contributed by atoms with Crippen molar-refractivity contribution < 1.29 is 14.2 Å². The smallest absolute Gasteiger partial charge is 0.180 e. The number of halogens is 1. The molecule has 0 aliphatic rings. The number of rotatable bonds is 11. The van der Waals surface area contributed by atoms with Crippen molar-refractivity contribution in [3.63, 3.8) is 0 Å². The Morgan fingerprint density at radius 2 is 1.88 bits per heavy atom. The van der Waals surface area contributed by atoms with Crippen LogP contribution in [0.5, 0.6) is 11.5 Å². The highest BCUT2D eigenvalue weighted by Gasteiger charge is 2.12. The van der Waals surface area contributed by atoms with Gasteiger partial charge in [0.15, 0.2) is 11.5 Å². The maximum absolute atomic E-state index is 6.41. The van der Waals surface area contributed by atoms with Gasteiger partial charge >= 0.3 is 0 Å². The van der Waals surface area contributed by atoms with Crippen LogP contribution in [0.2, 0.25) is 5.02 Å². The van der Waals surface area contributed by atoms with Crippen LogP contribution in [0.15, 0.2) is 42.5 Å². The van der Waals surface area contributed by atoms with Gasteiger partial charge in [-0.1, -0.05) is 41.9 Å². The Hall–Kier alpha value is -1.75. The molecule has 0 atom stereocenters. The summed E-state index contributed by atoms with van der Waals surface area (Å²) in [6, 6.07) is 13.9. The molecule has 0 bridgehead atoms. The van der Waals surface area contributed by atoms with E-state index in [9.17, 15) is 0 Å². The summed E-state index contributed by atoms with van der Waals surface area (Å²) >= 11 is 6.41. The van der Waals surface area contributed by atoms with E-state index in [0.29, 0.717) is 23.1 Å². The lowest BCUT2D eigenvalue weighted by Gasteiger charge is -2.15. The Morgan fingerprint density at radius 3 is 2.60 bits per heavy atom. The fourth-order valence-electron chi connectivity index (χ4n) is 2.42. The summed E-state index contributed by atoms with van der Waals surface area (Å²) < 4.78 is 16.7. The minimum atomic E-state index is 0.450. The van der Waals surface area contributed by atoms with Gasteiger partial charge in [0.05, 0.1) is 12.1 Å². The van der Waals surface area contributed by atoms with Crippen LogP contribution in [0.3, 0.4) is 0 Å². The number of hydrogen-bond donors (Lipinski definition) is 1. The van der Waals surface area contributed by atoms with Gasteiger partial charge in [0, 0.05) is 19.8 Å². The van der Waals surface area contributed by atoms with E-state index in [4.69, 9.17) is 25.8 Å². The zero-order chi connectivity index (χ0) is 17.9. The van der Waals surface area contributed by atoms with Gasteiger partial charge in [0.2, 0.25) is 0 Å². The summed E-state index contributed by atoms with van der Waals surface area (Å²) in [5, 5.41) is 3.94. The highest BCUT2D eigenvalue weighted by atomic mass is 35.5. The van der Waals surface area contributed by atoms with Gasteiger partial charge in [-0.15, -0.1) is 0 Å². The Bertz CT molecular complexity index is 634. The standard InChI is InChI=1S/C20H26ClNO3/c1-3-24-11-7-10-22-14-17-12-18(21)20(19(13-17)23-2)25-15-16-8-5-4-6-9-16/h4-6,8-9,12-13,22H,3,7,10-11,14-15H2,1-2H3. The van der Waals surface area contributed by atoms with Crippen molar-refractivity contribution in [2.24, 2.45) is 0 Å². The molecule has 5 heteroatoms. The molecule has 0 radical (unpaired) electrons. The summed E-state index contributed by atoms with van der Waals surface area (Å²) in [5.41, 5.74) is 2.14. The predicted octanol–water partition coefficient (Wildman–Crippen LogP) is 4.44. The molecule has 2 aromatic carbocycles. The first kappa shape index (κ1) is 19.6. The molecule has 0 saturated carbocycles. The van der Waals surface area contributed by atoms with Crippen molar-refractivity contribution >= 4 is 11.6 Å². The van der Waals surface area contributed by atoms with E-state index in [1.807, 2.05) is 49.4 Å². The minimum absolute atomic E-state index is 0.450. The summed E-state index contributed by atoms with van der Waals surface area (Å²) in [7, 11) is 1.63. The number of benzene rings is 2. The van der Waals surface area contributed by atoms with E-state index in [1.54, 1.807) is 7.11 Å². The molecule has 4 nitrogen and oxygen atoms in total. The van der Waals surface area contributed by atoms with Crippen molar-refractivity contribution in [1.82, 2.24) is 5.32 Å². The Balaban J connectivity index is 1.92. The SMILES string of the molecule is CCOCCCNCc1cc(Cl)c(OCc2ccccc2)c(OC)c1. The van der Waals surface area contributed by atoms with Crippen molar-refractivity contribution in [3.05, 3.63) is 58.6 Å². The summed E-state index contributed by atoms with van der Waals surface area (Å²) in [4.78, 5) is 0. The Kier molecular flexibility index (Phi) is 8.60. The maximum Gasteiger partial charge on any atom is 0.180 e. The molecule has 0 aliphatic carbocycles. The molecule has 0 aliphatic heterocycles. The van der Waals surface area contributed by atoms with Crippen LogP contribution < -0.4 is 14.8 Å². The molecule has 0 spiro atoms. The summed E-state index contributed by atoms with van der Waals surface area (Å²) in [6.45, 7) is 5.61. The average Bonchev–Trinajstić information content (AvgIpc) is 2.64. The number of ether oxygens (including phenoxy) is 3. The normalized spacial score (nSPS) is 10.7. The van der Waals surface area contributed by atoms with Crippen LogP contribution in [0.4, 0.5) is 0 Å². The summed E-state index contributed by atoms with van der Waals surface area (Å²) in [6.07, 6.45) is 0.983. The largest absolute Gasteiger partial charge is 0.493 e. The van der Waals surface area contributed by atoms with E-state index in [0.717, 1.165) is 43.9 Å². The molecule has 0 unspecified atom stereocenters. The lowest BCUT2D eigenvalue weighted by atomic mass is 10.2. The van der Waals surface area contributed by atoms with Gasteiger partial charge in [-0.25, -0.2) is 0 Å². The molecule has 0 heterocycles. The number of methoxy groups -OCH3 is 1. The Morgan fingerprint density at radius 1 is 1.08 bits per heavy atom. The van der Waals surface area contributed by atoms with Gasteiger partial charge < -0.3 is 19.5 Å². The van der Waals surface area contributed by atoms with Crippen LogP contribution in [-0.4, -0.2) is 26.9 Å². The average molecular weight is 364 g/mol. The first-order valence-corrected chi connectivity index (χ1v) is 8.94. The third kappa shape index (κ3) is 6.58. The second kappa shape index (κ2) is 11.0. The molecule has 0 amide bonds. The summed E-state index contributed by atoms with van der Waals surface area (Å²) in [5.74, 6) is 1.22. The van der Waals surface area contributed by atoms with E-state index in [1.165, 1.54) is 0 Å². The molecule has 2 aromatic rings. The zero-order valence-electron chi connectivity index (χ0n) is 14.9. The van der Waals surface area contributed by atoms with Crippen LogP contribution >= 0.6 is 11.6 Å². The minimum Gasteiger partial charge on any atom is -0.493 e. The first-order valence-electron chi connectivity index (χ1n) is 8.56. The molecule has 1 N–H and O–H groups in total. The van der Waals surface area contributed by atoms with Crippen molar-refractivity contribution in [3.8, 4) is 11.5 Å². The van der Waals surface area contributed by atoms with E-state index < -0.39 is 0 Å². The topological polar surface area (TPSA) is 39.7 Å². The van der Waals surface area contributed by atoms with Crippen molar-refractivity contribution in [2.75, 3.05) is 26.9 Å². The number of nitrogens with one attached hydrogen (secondary N) is 1. The van der Waals surface area contributed by atoms with Crippen LogP contribution in [-0.2, 0) is 17.9 Å². The highest BCUT2D eigenvalue weighted by molar-refractivity contribution is 6.32.